The van der Waals surface area contributed by atoms with Crippen LogP contribution in [0.15, 0.2) is 28.7 Å². The maximum absolute atomic E-state index is 5.68. The summed E-state index contributed by atoms with van der Waals surface area (Å²) in [6, 6.07) is 8.36. The number of rotatable bonds is 3. The van der Waals surface area contributed by atoms with Crippen LogP contribution in [-0.2, 0) is 4.74 Å². The Balaban J connectivity index is 2.18. The van der Waals surface area contributed by atoms with Gasteiger partial charge in [-0.15, -0.1) is 0 Å². The van der Waals surface area contributed by atoms with Crippen molar-refractivity contribution in [3.8, 4) is 0 Å². The van der Waals surface area contributed by atoms with Gasteiger partial charge < -0.3 is 4.74 Å². The van der Waals surface area contributed by atoms with Gasteiger partial charge in [-0.3, -0.25) is 11.3 Å². The quantitative estimate of drug-likeness (QED) is 0.662. The van der Waals surface area contributed by atoms with Crippen LogP contribution in [0.5, 0.6) is 0 Å². The van der Waals surface area contributed by atoms with E-state index in [1.165, 1.54) is 5.56 Å². The summed E-state index contributed by atoms with van der Waals surface area (Å²) in [6.45, 7) is 1.67. The third-order valence-electron chi connectivity index (χ3n) is 3.09. The molecule has 1 fully saturated rings. The number of hydrogen-bond acceptors (Lipinski definition) is 3. The molecule has 3 nitrogen and oxygen atoms in total. The lowest BCUT2D eigenvalue weighted by Gasteiger charge is -2.30. The van der Waals surface area contributed by atoms with Gasteiger partial charge >= 0.3 is 0 Å². The predicted octanol–water partition coefficient (Wildman–Crippen LogP) is 2.38. The van der Waals surface area contributed by atoms with Crippen molar-refractivity contribution < 1.29 is 4.74 Å². The molecule has 2 unspecified atom stereocenters. The van der Waals surface area contributed by atoms with Crippen LogP contribution in [0, 0.1) is 5.92 Å². The lowest BCUT2D eigenvalue weighted by molar-refractivity contribution is 0.0389. The van der Waals surface area contributed by atoms with E-state index in [-0.39, 0.29) is 6.04 Å². The van der Waals surface area contributed by atoms with Crippen molar-refractivity contribution in [1.82, 2.24) is 5.43 Å². The highest BCUT2D eigenvalue weighted by atomic mass is 79.9. The first-order valence-electron chi connectivity index (χ1n) is 5.61. The number of hydrogen-bond donors (Lipinski definition) is 2. The Labute approximate surface area is 104 Å². The SMILES string of the molecule is NNC(c1ccccc1Br)C1CCCOC1. The van der Waals surface area contributed by atoms with Gasteiger partial charge in [-0.05, 0) is 24.5 Å². The number of halogens is 1. The monoisotopic (exact) mass is 284 g/mol. The molecule has 2 atom stereocenters. The summed E-state index contributed by atoms with van der Waals surface area (Å²) in [4.78, 5) is 0. The molecule has 3 N–H and O–H groups in total. The Morgan fingerprint density at radius 2 is 2.25 bits per heavy atom. The molecule has 1 aliphatic heterocycles. The van der Waals surface area contributed by atoms with Crippen molar-refractivity contribution in [2.24, 2.45) is 11.8 Å². The fourth-order valence-electron chi connectivity index (χ4n) is 2.24. The maximum atomic E-state index is 5.68. The second-order valence-electron chi connectivity index (χ2n) is 4.14. The van der Waals surface area contributed by atoms with E-state index in [0.717, 1.165) is 30.5 Å². The second kappa shape index (κ2) is 5.77. The molecule has 1 aromatic carbocycles. The van der Waals surface area contributed by atoms with Crippen molar-refractivity contribution in [2.75, 3.05) is 13.2 Å². The summed E-state index contributed by atoms with van der Waals surface area (Å²) >= 11 is 3.57. The normalized spacial score (nSPS) is 23.0. The first-order chi connectivity index (χ1) is 7.83. The number of ether oxygens (including phenoxy) is 1. The fourth-order valence-corrected chi connectivity index (χ4v) is 2.77. The van der Waals surface area contributed by atoms with Crippen LogP contribution in [0.3, 0.4) is 0 Å². The molecule has 0 aliphatic carbocycles. The van der Waals surface area contributed by atoms with Gasteiger partial charge in [0.05, 0.1) is 12.6 Å². The zero-order chi connectivity index (χ0) is 11.4. The Kier molecular flexibility index (Phi) is 4.35. The molecule has 0 aromatic heterocycles. The minimum absolute atomic E-state index is 0.163. The zero-order valence-corrected chi connectivity index (χ0v) is 10.7. The van der Waals surface area contributed by atoms with Crippen molar-refractivity contribution in [3.63, 3.8) is 0 Å². The number of nitrogens with one attached hydrogen (secondary N) is 1. The third kappa shape index (κ3) is 2.63. The summed E-state index contributed by atoms with van der Waals surface area (Å²) < 4.78 is 6.62. The van der Waals surface area contributed by atoms with Crippen molar-refractivity contribution >= 4 is 15.9 Å². The van der Waals surface area contributed by atoms with Crippen LogP contribution in [0.4, 0.5) is 0 Å². The molecule has 0 spiro atoms. The Morgan fingerprint density at radius 3 is 2.88 bits per heavy atom. The lowest BCUT2D eigenvalue weighted by atomic mass is 9.89. The van der Waals surface area contributed by atoms with Crippen LogP contribution < -0.4 is 11.3 Å². The van der Waals surface area contributed by atoms with Gasteiger partial charge in [0.25, 0.3) is 0 Å². The Morgan fingerprint density at radius 1 is 1.44 bits per heavy atom. The summed E-state index contributed by atoms with van der Waals surface area (Å²) in [5.74, 6) is 6.13. The van der Waals surface area contributed by atoms with E-state index in [2.05, 4.69) is 27.4 Å². The molecule has 1 saturated heterocycles. The van der Waals surface area contributed by atoms with E-state index >= 15 is 0 Å². The van der Waals surface area contributed by atoms with Gasteiger partial charge in [0.15, 0.2) is 0 Å². The molecule has 2 rings (SSSR count). The Hall–Kier alpha value is -0.420. The predicted molar refractivity (Wildman–Crippen MR) is 67.7 cm³/mol. The van der Waals surface area contributed by atoms with Crippen LogP contribution in [0.25, 0.3) is 0 Å². The summed E-state index contributed by atoms with van der Waals surface area (Å²) in [5, 5.41) is 0. The first kappa shape index (κ1) is 12.0. The first-order valence-corrected chi connectivity index (χ1v) is 6.40. The molecule has 1 aliphatic rings. The highest BCUT2D eigenvalue weighted by molar-refractivity contribution is 9.10. The van der Waals surface area contributed by atoms with Gasteiger partial charge in [0.1, 0.15) is 0 Å². The van der Waals surface area contributed by atoms with Crippen molar-refractivity contribution in [1.29, 1.82) is 0 Å². The molecule has 0 bridgehead atoms. The minimum Gasteiger partial charge on any atom is -0.381 e. The number of hydrazine groups is 1. The smallest absolute Gasteiger partial charge is 0.0521 e. The van der Waals surface area contributed by atoms with Crippen LogP contribution in [0.1, 0.15) is 24.4 Å². The number of benzene rings is 1. The highest BCUT2D eigenvalue weighted by Gasteiger charge is 2.25. The molecular weight excluding hydrogens is 268 g/mol. The highest BCUT2D eigenvalue weighted by Crippen LogP contribution is 2.32. The van der Waals surface area contributed by atoms with Crippen LogP contribution in [0.2, 0.25) is 0 Å². The van der Waals surface area contributed by atoms with Crippen molar-refractivity contribution in [2.45, 2.75) is 18.9 Å². The Bertz CT molecular complexity index is 340. The van der Waals surface area contributed by atoms with Gasteiger partial charge in [-0.2, -0.15) is 0 Å². The lowest BCUT2D eigenvalue weighted by Crippen LogP contribution is -2.37. The molecule has 0 amide bonds. The largest absolute Gasteiger partial charge is 0.381 e. The maximum Gasteiger partial charge on any atom is 0.0521 e. The minimum atomic E-state index is 0.163. The zero-order valence-electron chi connectivity index (χ0n) is 9.16. The van der Waals surface area contributed by atoms with E-state index in [4.69, 9.17) is 10.6 Å². The van der Waals surface area contributed by atoms with Gasteiger partial charge in [-0.25, -0.2) is 0 Å². The van der Waals surface area contributed by atoms with Crippen LogP contribution in [-0.4, -0.2) is 13.2 Å². The van der Waals surface area contributed by atoms with E-state index in [1.807, 2.05) is 18.2 Å². The average Bonchev–Trinajstić information content (AvgIpc) is 2.34. The van der Waals surface area contributed by atoms with Crippen molar-refractivity contribution in [3.05, 3.63) is 34.3 Å². The molecule has 0 saturated carbocycles. The molecule has 1 aromatic rings. The van der Waals surface area contributed by atoms with Gasteiger partial charge in [-0.1, -0.05) is 34.1 Å². The van der Waals surface area contributed by atoms with Crippen LogP contribution >= 0.6 is 15.9 Å². The third-order valence-corrected chi connectivity index (χ3v) is 3.81. The number of nitrogens with two attached hydrogens (primary N) is 1. The van der Waals surface area contributed by atoms with E-state index in [1.54, 1.807) is 0 Å². The van der Waals surface area contributed by atoms with Gasteiger partial charge in [0, 0.05) is 17.0 Å². The summed E-state index contributed by atoms with van der Waals surface area (Å²) in [5.41, 5.74) is 4.13. The molecule has 4 heteroatoms. The van der Waals surface area contributed by atoms with E-state index in [9.17, 15) is 0 Å². The summed E-state index contributed by atoms with van der Waals surface area (Å²) in [7, 11) is 0. The van der Waals surface area contributed by atoms with E-state index in [0.29, 0.717) is 5.92 Å². The molecule has 88 valence electrons. The molecular formula is C12H17BrN2O. The molecule has 16 heavy (non-hydrogen) atoms. The fraction of sp³-hybridized carbons (Fsp3) is 0.500. The molecule has 1 heterocycles. The van der Waals surface area contributed by atoms with E-state index < -0.39 is 0 Å². The topological polar surface area (TPSA) is 47.3 Å². The average molecular weight is 285 g/mol. The second-order valence-corrected chi connectivity index (χ2v) is 5.00. The van der Waals surface area contributed by atoms with Gasteiger partial charge in [0.2, 0.25) is 0 Å². The standard InChI is InChI=1S/C12H17BrN2O/c13-11-6-2-1-5-10(11)12(15-14)9-4-3-7-16-8-9/h1-2,5-6,9,12,15H,3-4,7-8,14H2. The summed E-state index contributed by atoms with van der Waals surface area (Å²) in [6.07, 6.45) is 2.28. The molecule has 0 radical (unpaired) electrons.